The molecule has 0 saturated heterocycles. The summed E-state index contributed by atoms with van der Waals surface area (Å²) in [6.45, 7) is 2.30. The number of carbonyl (C=O) groups excluding carboxylic acids is 2. The lowest BCUT2D eigenvalue weighted by molar-refractivity contribution is -0.153. The van der Waals surface area contributed by atoms with E-state index in [1.165, 1.54) is 212 Å². The molecular formula is C53H105O10P. The highest BCUT2D eigenvalue weighted by atomic mass is 31.2. The maximum absolute atomic E-state index is 12.4. The van der Waals surface area contributed by atoms with Gasteiger partial charge in [-0.05, 0) is 12.8 Å². The lowest BCUT2D eigenvalue weighted by atomic mass is 10.0. The van der Waals surface area contributed by atoms with Crippen LogP contribution in [0.2, 0.25) is 0 Å². The maximum atomic E-state index is 12.4. The van der Waals surface area contributed by atoms with Gasteiger partial charge in [-0.3, -0.25) is 18.6 Å². The Morgan fingerprint density at radius 1 is 0.359 bits per heavy atom. The van der Waals surface area contributed by atoms with Crippen molar-refractivity contribution in [2.24, 2.45) is 0 Å². The number of hydrogen-bond donors (Lipinski definition) is 3. The average molecular weight is 933 g/mol. The molecule has 0 bridgehead atoms. The van der Waals surface area contributed by atoms with E-state index in [2.05, 4.69) is 13.8 Å². The van der Waals surface area contributed by atoms with E-state index in [1.807, 2.05) is 0 Å². The van der Waals surface area contributed by atoms with E-state index < -0.39 is 58.4 Å². The third kappa shape index (κ3) is 47.5. The molecule has 0 aromatic carbocycles. The second-order valence-corrected chi connectivity index (χ2v) is 20.4. The predicted octanol–water partition coefficient (Wildman–Crippen LogP) is 15.7. The van der Waals surface area contributed by atoms with Crippen LogP contribution in [0.4, 0.5) is 0 Å². The Balaban J connectivity index is 3.75. The number of phosphoric acid groups is 1. The molecule has 3 atom stereocenters. The van der Waals surface area contributed by atoms with Gasteiger partial charge in [0.15, 0.2) is 0 Å². The van der Waals surface area contributed by atoms with Crippen molar-refractivity contribution in [2.75, 3.05) is 26.4 Å². The van der Waals surface area contributed by atoms with Crippen molar-refractivity contribution < 1.29 is 47.8 Å². The molecule has 0 aliphatic heterocycles. The van der Waals surface area contributed by atoms with Crippen molar-refractivity contribution in [3.8, 4) is 0 Å². The zero-order valence-corrected chi connectivity index (χ0v) is 42.9. The summed E-state index contributed by atoms with van der Waals surface area (Å²) in [6.07, 6.45) is 50.8. The first-order valence-electron chi connectivity index (χ1n) is 27.5. The van der Waals surface area contributed by atoms with Crippen LogP contribution in [0.15, 0.2) is 0 Å². The van der Waals surface area contributed by atoms with Crippen LogP contribution in [0.3, 0.4) is 0 Å². The van der Waals surface area contributed by atoms with Gasteiger partial charge in [0.25, 0.3) is 0 Å². The number of ether oxygens (including phenoxy) is 2. The summed E-state index contributed by atoms with van der Waals surface area (Å²) < 4.78 is 32.8. The molecule has 0 aromatic heterocycles. The first-order chi connectivity index (χ1) is 31.3. The Hall–Kier alpha value is -1.03. The van der Waals surface area contributed by atoms with Crippen molar-refractivity contribution in [2.45, 2.75) is 302 Å². The Morgan fingerprint density at radius 3 is 0.734 bits per heavy atom. The fraction of sp³-hybridized carbons (Fsp3) is 0.962. The lowest BCUT2D eigenvalue weighted by Gasteiger charge is -2.20. The Labute approximate surface area is 394 Å². The highest BCUT2D eigenvalue weighted by Gasteiger charge is 2.27. The monoisotopic (exact) mass is 933 g/mol. The van der Waals surface area contributed by atoms with Gasteiger partial charge in [0.05, 0.1) is 26.4 Å². The summed E-state index contributed by atoms with van der Waals surface area (Å²) in [5.41, 5.74) is 0. The largest absolute Gasteiger partial charge is 0.472 e. The van der Waals surface area contributed by atoms with Crippen LogP contribution >= 0.6 is 7.82 Å². The summed E-state index contributed by atoms with van der Waals surface area (Å²) >= 11 is 0. The van der Waals surface area contributed by atoms with Gasteiger partial charge >= 0.3 is 19.8 Å². The minimum Gasteiger partial charge on any atom is -0.457 e. The number of phosphoric ester groups is 1. The van der Waals surface area contributed by atoms with E-state index in [-0.39, 0.29) is 12.8 Å². The third-order valence-corrected chi connectivity index (χ3v) is 13.5. The number of aliphatic hydroxyl groups is 2. The van der Waals surface area contributed by atoms with Gasteiger partial charge in [-0.15, -0.1) is 0 Å². The number of unbranched alkanes of at least 4 members (excludes halogenated alkanes) is 39. The average Bonchev–Trinajstić information content (AvgIpc) is 3.29. The fourth-order valence-electron chi connectivity index (χ4n) is 8.36. The number of carbonyl (C=O) groups is 2. The zero-order valence-electron chi connectivity index (χ0n) is 42.0. The van der Waals surface area contributed by atoms with E-state index in [1.54, 1.807) is 0 Å². The maximum Gasteiger partial charge on any atom is 0.472 e. The summed E-state index contributed by atoms with van der Waals surface area (Å²) in [4.78, 5) is 34.7. The minimum absolute atomic E-state index is 0.200. The van der Waals surface area contributed by atoms with Gasteiger partial charge in [-0.1, -0.05) is 264 Å². The highest BCUT2D eigenvalue weighted by Crippen LogP contribution is 2.43. The first kappa shape index (κ1) is 63.0. The SMILES string of the molecule is CCCCCCCCCCCCCCCCCCCCCCCC(=O)OC(CO)COP(=O)(O)OCC(CO)OC(=O)CCCCCCCCCCCCCCCCCCCCCC. The first-order valence-corrected chi connectivity index (χ1v) is 29.0. The second-order valence-electron chi connectivity index (χ2n) is 18.9. The molecule has 0 saturated carbocycles. The van der Waals surface area contributed by atoms with Gasteiger partial charge < -0.3 is 24.6 Å². The van der Waals surface area contributed by atoms with Crippen molar-refractivity contribution in [3.63, 3.8) is 0 Å². The molecular weight excluding hydrogens is 828 g/mol. The molecule has 0 spiro atoms. The number of esters is 2. The van der Waals surface area contributed by atoms with Crippen molar-refractivity contribution in [1.29, 1.82) is 0 Å². The van der Waals surface area contributed by atoms with E-state index >= 15 is 0 Å². The van der Waals surface area contributed by atoms with E-state index in [0.717, 1.165) is 38.5 Å². The minimum atomic E-state index is -4.64. The van der Waals surface area contributed by atoms with E-state index in [9.17, 15) is 29.3 Å². The topological polar surface area (TPSA) is 149 Å². The van der Waals surface area contributed by atoms with E-state index in [0.29, 0.717) is 12.8 Å². The van der Waals surface area contributed by atoms with Crippen LogP contribution in [0.5, 0.6) is 0 Å². The molecule has 0 amide bonds. The molecule has 0 aliphatic rings. The third-order valence-electron chi connectivity index (χ3n) is 12.6. The van der Waals surface area contributed by atoms with Crippen molar-refractivity contribution >= 4 is 19.8 Å². The summed E-state index contributed by atoms with van der Waals surface area (Å²) in [6, 6.07) is 0. The standard InChI is InChI=1S/C53H105O10P/c1-3-5-7-9-11-13-15-17-19-21-23-25-27-29-31-33-35-37-39-41-43-45-53(57)63-51(47-55)49-61-64(58,59)60-48-50(46-54)62-52(56)44-42-40-38-36-34-32-30-28-26-24-22-20-18-16-14-12-10-8-6-4-2/h50-51,54-55H,3-49H2,1-2H3,(H,58,59). The smallest absolute Gasteiger partial charge is 0.457 e. The lowest BCUT2D eigenvalue weighted by Crippen LogP contribution is -2.28. The quantitative estimate of drug-likeness (QED) is 0.0306. The van der Waals surface area contributed by atoms with Gasteiger partial charge in [0, 0.05) is 12.8 Å². The van der Waals surface area contributed by atoms with Crippen molar-refractivity contribution in [1.82, 2.24) is 0 Å². The molecule has 382 valence electrons. The number of rotatable bonds is 53. The molecule has 10 nitrogen and oxygen atoms in total. The Kier molecular flexibility index (Phi) is 49.1. The number of hydrogen-bond acceptors (Lipinski definition) is 9. The Bertz CT molecular complexity index is 1030. The Morgan fingerprint density at radius 2 is 0.547 bits per heavy atom. The van der Waals surface area contributed by atoms with Crippen LogP contribution in [-0.2, 0) is 32.7 Å². The molecule has 0 heterocycles. The van der Waals surface area contributed by atoms with Crippen LogP contribution in [0, 0.1) is 0 Å². The van der Waals surface area contributed by atoms with Gasteiger partial charge in [-0.2, -0.15) is 0 Å². The van der Waals surface area contributed by atoms with Gasteiger partial charge in [0.1, 0.15) is 12.2 Å². The zero-order chi connectivity index (χ0) is 46.9. The second kappa shape index (κ2) is 49.9. The number of aliphatic hydroxyl groups excluding tert-OH is 2. The molecule has 0 radical (unpaired) electrons. The molecule has 0 fully saturated rings. The van der Waals surface area contributed by atoms with Gasteiger partial charge in [-0.25, -0.2) is 4.57 Å². The van der Waals surface area contributed by atoms with Crippen LogP contribution < -0.4 is 0 Å². The van der Waals surface area contributed by atoms with Crippen molar-refractivity contribution in [3.05, 3.63) is 0 Å². The molecule has 64 heavy (non-hydrogen) atoms. The molecule has 11 heteroatoms. The molecule has 3 unspecified atom stereocenters. The highest BCUT2D eigenvalue weighted by molar-refractivity contribution is 7.47. The normalized spacial score (nSPS) is 13.5. The fourth-order valence-corrected chi connectivity index (χ4v) is 9.14. The van der Waals surface area contributed by atoms with Crippen LogP contribution in [0.25, 0.3) is 0 Å². The van der Waals surface area contributed by atoms with Crippen LogP contribution in [-0.4, -0.2) is 65.7 Å². The molecule has 0 rings (SSSR count). The van der Waals surface area contributed by atoms with E-state index in [4.69, 9.17) is 18.5 Å². The predicted molar refractivity (Wildman–Crippen MR) is 266 cm³/mol. The summed E-state index contributed by atoms with van der Waals surface area (Å²) in [5.74, 6) is -0.997. The van der Waals surface area contributed by atoms with Gasteiger partial charge in [0.2, 0.25) is 0 Å². The molecule has 0 aromatic rings. The summed E-state index contributed by atoms with van der Waals surface area (Å²) in [7, 11) is -4.64. The van der Waals surface area contributed by atoms with Crippen LogP contribution in [0.1, 0.15) is 290 Å². The molecule has 0 aliphatic carbocycles. The summed E-state index contributed by atoms with van der Waals surface area (Å²) in [5, 5.41) is 19.3. The molecule has 3 N–H and O–H groups in total.